The highest BCUT2D eigenvalue weighted by Gasteiger charge is 2.33. The van der Waals surface area contributed by atoms with E-state index in [2.05, 4.69) is 24.2 Å². The lowest BCUT2D eigenvalue weighted by Crippen LogP contribution is -2.45. The van der Waals surface area contributed by atoms with Crippen LogP contribution in [0.4, 0.5) is 4.79 Å². The molecule has 0 aromatic carbocycles. The molecule has 2 saturated heterocycles. The average Bonchev–Trinajstić information content (AvgIpc) is 2.88. The van der Waals surface area contributed by atoms with Gasteiger partial charge in [-0.15, -0.1) is 0 Å². The molecule has 2 heterocycles. The minimum absolute atomic E-state index is 0.178. The summed E-state index contributed by atoms with van der Waals surface area (Å²) in [4.78, 5) is 16.3. The number of carbonyl (C=O) groups excluding carboxylic acids is 1. The Morgan fingerprint density at radius 1 is 1.27 bits per heavy atom. The minimum atomic E-state index is -0.413. The fraction of sp³-hybridized carbons (Fsp3) is 0.941. The Morgan fingerprint density at radius 3 is 2.50 bits per heavy atom. The molecule has 5 nitrogen and oxygen atoms in total. The zero-order valence-corrected chi connectivity index (χ0v) is 14.9. The van der Waals surface area contributed by atoms with E-state index in [1.54, 1.807) is 0 Å². The van der Waals surface area contributed by atoms with Crippen LogP contribution in [0.5, 0.6) is 0 Å². The summed E-state index contributed by atoms with van der Waals surface area (Å²) in [7, 11) is 2.20. The van der Waals surface area contributed by atoms with Crippen LogP contribution >= 0.6 is 0 Å². The van der Waals surface area contributed by atoms with Gasteiger partial charge in [0.05, 0.1) is 0 Å². The number of hydrogen-bond donors (Lipinski definition) is 1. The van der Waals surface area contributed by atoms with Crippen molar-refractivity contribution in [1.29, 1.82) is 0 Å². The zero-order valence-electron chi connectivity index (χ0n) is 14.9. The summed E-state index contributed by atoms with van der Waals surface area (Å²) in [5, 5.41) is 3.69. The Hall–Kier alpha value is -0.810. The highest BCUT2D eigenvalue weighted by molar-refractivity contribution is 5.68. The normalized spacial score (nSPS) is 26.2. The number of rotatable bonds is 3. The molecule has 2 rings (SSSR count). The number of ether oxygens (including phenoxy) is 1. The Bertz CT molecular complexity index is 384. The van der Waals surface area contributed by atoms with Gasteiger partial charge in [-0.2, -0.15) is 0 Å². The third-order valence-corrected chi connectivity index (χ3v) is 4.85. The van der Waals surface area contributed by atoms with Crippen LogP contribution in [0.25, 0.3) is 0 Å². The Balaban J connectivity index is 1.73. The second-order valence-corrected chi connectivity index (χ2v) is 8.41. The van der Waals surface area contributed by atoms with Crippen molar-refractivity contribution in [3.63, 3.8) is 0 Å². The van der Waals surface area contributed by atoms with Gasteiger partial charge in [-0.05, 0) is 65.6 Å². The predicted molar refractivity (Wildman–Crippen MR) is 89.1 cm³/mol. The predicted octanol–water partition coefficient (Wildman–Crippen LogP) is 2.32. The van der Waals surface area contributed by atoms with Crippen molar-refractivity contribution in [3.8, 4) is 0 Å². The molecule has 0 aromatic rings. The van der Waals surface area contributed by atoms with Crippen molar-refractivity contribution in [1.82, 2.24) is 15.1 Å². The quantitative estimate of drug-likeness (QED) is 0.869. The Labute approximate surface area is 135 Å². The van der Waals surface area contributed by atoms with Crippen LogP contribution in [-0.4, -0.2) is 67.3 Å². The van der Waals surface area contributed by atoms with Gasteiger partial charge in [0.2, 0.25) is 0 Å². The SMILES string of the molecule is CN1CCC(C)(CNC2CCN(C(=O)OC(C)(C)C)C2)CC1. The molecule has 5 heteroatoms. The number of piperidine rings is 1. The summed E-state index contributed by atoms with van der Waals surface area (Å²) in [6.07, 6.45) is 3.34. The van der Waals surface area contributed by atoms with Crippen LogP contribution in [-0.2, 0) is 4.74 Å². The fourth-order valence-corrected chi connectivity index (χ4v) is 3.15. The van der Waals surface area contributed by atoms with E-state index in [1.165, 1.54) is 25.9 Å². The monoisotopic (exact) mass is 311 g/mol. The number of amides is 1. The summed E-state index contributed by atoms with van der Waals surface area (Å²) >= 11 is 0. The lowest BCUT2D eigenvalue weighted by atomic mass is 9.80. The minimum Gasteiger partial charge on any atom is -0.444 e. The highest BCUT2D eigenvalue weighted by Crippen LogP contribution is 2.30. The van der Waals surface area contributed by atoms with E-state index in [-0.39, 0.29) is 6.09 Å². The molecular formula is C17H33N3O2. The maximum absolute atomic E-state index is 12.1. The molecular weight excluding hydrogens is 278 g/mol. The van der Waals surface area contributed by atoms with Gasteiger partial charge in [-0.25, -0.2) is 4.79 Å². The maximum Gasteiger partial charge on any atom is 0.410 e. The van der Waals surface area contributed by atoms with Gasteiger partial charge in [-0.3, -0.25) is 0 Å². The summed E-state index contributed by atoms with van der Waals surface area (Å²) < 4.78 is 5.45. The molecule has 2 fully saturated rings. The molecule has 0 spiro atoms. The fourth-order valence-electron chi connectivity index (χ4n) is 3.15. The molecule has 1 unspecified atom stereocenters. The molecule has 22 heavy (non-hydrogen) atoms. The van der Waals surface area contributed by atoms with Crippen molar-refractivity contribution in [2.45, 2.75) is 58.6 Å². The largest absolute Gasteiger partial charge is 0.444 e. The molecule has 2 aliphatic rings. The summed E-state index contributed by atoms with van der Waals surface area (Å²) in [6, 6.07) is 0.406. The first-order valence-electron chi connectivity index (χ1n) is 8.57. The second-order valence-electron chi connectivity index (χ2n) is 8.41. The summed E-state index contributed by atoms with van der Waals surface area (Å²) in [6.45, 7) is 13.1. The molecule has 0 radical (unpaired) electrons. The maximum atomic E-state index is 12.1. The van der Waals surface area contributed by atoms with E-state index in [9.17, 15) is 4.79 Å². The number of carbonyl (C=O) groups is 1. The second kappa shape index (κ2) is 6.75. The molecule has 1 atom stereocenters. The van der Waals surface area contributed by atoms with Gasteiger partial charge in [0.1, 0.15) is 5.60 Å². The van der Waals surface area contributed by atoms with Crippen LogP contribution in [0.2, 0.25) is 0 Å². The molecule has 0 aliphatic carbocycles. The topological polar surface area (TPSA) is 44.8 Å². The van der Waals surface area contributed by atoms with Crippen molar-refractivity contribution in [2.24, 2.45) is 5.41 Å². The Morgan fingerprint density at radius 2 is 1.91 bits per heavy atom. The van der Waals surface area contributed by atoms with E-state index >= 15 is 0 Å². The lowest BCUT2D eigenvalue weighted by molar-refractivity contribution is 0.0290. The van der Waals surface area contributed by atoms with Crippen molar-refractivity contribution >= 4 is 6.09 Å². The molecule has 0 bridgehead atoms. The molecule has 1 amide bonds. The van der Waals surface area contributed by atoms with Crippen LogP contribution < -0.4 is 5.32 Å². The first-order valence-corrected chi connectivity index (χ1v) is 8.57. The van der Waals surface area contributed by atoms with E-state index < -0.39 is 5.60 Å². The van der Waals surface area contributed by atoms with Gasteiger partial charge >= 0.3 is 6.09 Å². The standard InChI is InChI=1S/C17H33N3O2/c1-16(2,3)22-15(21)20-9-6-14(12-20)18-13-17(4)7-10-19(5)11-8-17/h14,18H,6-13H2,1-5H3. The average molecular weight is 311 g/mol. The van der Waals surface area contributed by atoms with Crippen molar-refractivity contribution < 1.29 is 9.53 Å². The first-order chi connectivity index (χ1) is 10.2. The Kier molecular flexibility index (Phi) is 5.38. The zero-order chi connectivity index (χ0) is 16.4. The number of nitrogens with one attached hydrogen (secondary N) is 1. The van der Waals surface area contributed by atoms with E-state index in [0.29, 0.717) is 11.5 Å². The summed E-state index contributed by atoms with van der Waals surface area (Å²) in [5.41, 5.74) is -0.0178. The number of hydrogen-bond acceptors (Lipinski definition) is 4. The molecule has 128 valence electrons. The van der Waals surface area contributed by atoms with Crippen molar-refractivity contribution in [3.05, 3.63) is 0 Å². The van der Waals surface area contributed by atoms with Crippen LogP contribution in [0.1, 0.15) is 47.0 Å². The molecule has 0 saturated carbocycles. The van der Waals surface area contributed by atoms with E-state index in [1.807, 2.05) is 25.7 Å². The summed E-state index contributed by atoms with van der Waals surface area (Å²) in [5.74, 6) is 0. The van der Waals surface area contributed by atoms with Gasteiger partial charge in [0.25, 0.3) is 0 Å². The third kappa shape index (κ3) is 5.13. The highest BCUT2D eigenvalue weighted by atomic mass is 16.6. The molecule has 2 aliphatic heterocycles. The van der Waals surface area contributed by atoms with E-state index in [4.69, 9.17) is 4.74 Å². The number of likely N-dealkylation sites (tertiary alicyclic amines) is 2. The number of nitrogens with zero attached hydrogens (tertiary/aromatic N) is 2. The smallest absolute Gasteiger partial charge is 0.410 e. The van der Waals surface area contributed by atoms with Crippen LogP contribution in [0.15, 0.2) is 0 Å². The van der Waals surface area contributed by atoms with Crippen LogP contribution in [0.3, 0.4) is 0 Å². The van der Waals surface area contributed by atoms with Crippen molar-refractivity contribution in [2.75, 3.05) is 39.8 Å². The molecule has 0 aromatic heterocycles. The first kappa shape index (κ1) is 17.5. The molecule has 1 N–H and O–H groups in total. The lowest BCUT2D eigenvalue weighted by Gasteiger charge is -2.38. The third-order valence-electron chi connectivity index (χ3n) is 4.85. The van der Waals surface area contributed by atoms with E-state index in [0.717, 1.165) is 26.1 Å². The van der Waals surface area contributed by atoms with Crippen LogP contribution in [0, 0.1) is 5.41 Å². The van der Waals surface area contributed by atoms with Gasteiger partial charge < -0.3 is 19.9 Å². The van der Waals surface area contributed by atoms with Gasteiger partial charge in [-0.1, -0.05) is 6.92 Å². The van der Waals surface area contributed by atoms with Gasteiger partial charge in [0, 0.05) is 25.7 Å². The van der Waals surface area contributed by atoms with Gasteiger partial charge in [0.15, 0.2) is 0 Å².